The normalized spacial score (nSPS) is 10.2. The van der Waals surface area contributed by atoms with Gasteiger partial charge in [-0.05, 0) is 12.8 Å². The minimum absolute atomic E-state index is 0. The summed E-state index contributed by atoms with van der Waals surface area (Å²) in [5.74, 6) is -1.85. The van der Waals surface area contributed by atoms with Crippen LogP contribution in [0.25, 0.3) is 0 Å². The number of carboxylic acids is 1. The topological polar surface area (TPSA) is 177 Å². The van der Waals surface area contributed by atoms with Gasteiger partial charge in [0, 0.05) is 42.2 Å². The first-order valence-corrected chi connectivity index (χ1v) is 18.5. The van der Waals surface area contributed by atoms with Crippen LogP contribution in [-0.2, 0) is 21.9 Å². The van der Waals surface area contributed by atoms with Crippen LogP contribution in [-0.4, -0.2) is 29.2 Å². The maximum Gasteiger partial charge on any atom is 0.300 e. The van der Waals surface area contributed by atoms with E-state index in [4.69, 9.17) is 36.6 Å². The number of halogens is 2. The first kappa shape index (κ1) is 49.8. The number of rotatable bonds is 25. The van der Waals surface area contributed by atoms with Gasteiger partial charge in [0.25, 0.3) is 11.7 Å². The Morgan fingerprint density at radius 1 is 0.627 bits per heavy atom. The number of ether oxygens (including phenoxy) is 2. The molecule has 0 saturated carbocycles. The van der Waals surface area contributed by atoms with Crippen molar-refractivity contribution in [3.05, 3.63) is 46.0 Å². The standard InChI is InChI=1S/C18H29FN2O3.C18H31FN2O.C2H4O2.Fe/c1-2-3-4-5-6-7-8-9-10-11-12-24-18-14-16(20)17(21(22)23)13-15(18)19;1-2-3-4-5-6-7-8-9-10-11-12-22-18-14-17(21)16(20)13-15(18)19;1-2(3)4;/h13-14H,2-12,20H2,1H3;13-14H,2-12,20-21H2,1H3;1H3,(H,3,4);. The van der Waals surface area contributed by atoms with E-state index in [0.717, 1.165) is 45.1 Å². The molecule has 0 heterocycles. The van der Waals surface area contributed by atoms with Gasteiger partial charge in [0.2, 0.25) is 0 Å². The summed E-state index contributed by atoms with van der Waals surface area (Å²) in [5, 5.41) is 18.1. The number of nitro benzene ring substituents is 1. The van der Waals surface area contributed by atoms with Crippen molar-refractivity contribution in [1.29, 1.82) is 0 Å². The second-order valence-corrected chi connectivity index (χ2v) is 12.6. The van der Waals surface area contributed by atoms with Gasteiger partial charge in [-0.3, -0.25) is 14.9 Å². The summed E-state index contributed by atoms with van der Waals surface area (Å²) in [4.78, 5) is 19.0. The predicted octanol–water partition coefficient (Wildman–Crippen LogP) is 11.0. The molecule has 2 aromatic carbocycles. The summed E-state index contributed by atoms with van der Waals surface area (Å²) in [5.41, 5.74) is 16.8. The quantitative estimate of drug-likeness (QED) is 0.0252. The van der Waals surface area contributed by atoms with E-state index in [0.29, 0.717) is 18.9 Å². The summed E-state index contributed by atoms with van der Waals surface area (Å²) in [6.07, 6.45) is 24.8. The smallest absolute Gasteiger partial charge is 0.300 e. The summed E-state index contributed by atoms with van der Waals surface area (Å²) in [6, 6.07) is 4.66. The number of anilines is 3. The molecule has 51 heavy (non-hydrogen) atoms. The van der Waals surface area contributed by atoms with Gasteiger partial charge in [0.05, 0.1) is 35.6 Å². The van der Waals surface area contributed by atoms with Crippen molar-refractivity contribution in [3.8, 4) is 11.5 Å². The Balaban J connectivity index is 0. The third-order valence-corrected chi connectivity index (χ3v) is 7.93. The number of hydrogen-bond donors (Lipinski definition) is 4. The molecule has 0 aliphatic rings. The molecule has 294 valence electrons. The Kier molecular flexibility index (Phi) is 31.8. The monoisotopic (exact) mass is 766 g/mol. The number of aliphatic carboxylic acids is 1. The van der Waals surface area contributed by atoms with E-state index in [9.17, 15) is 18.9 Å². The number of unbranched alkanes of at least 4 members (excludes halogenated alkanes) is 18. The van der Waals surface area contributed by atoms with Crippen LogP contribution in [0.2, 0.25) is 0 Å². The van der Waals surface area contributed by atoms with Crippen molar-refractivity contribution in [2.75, 3.05) is 30.4 Å². The first-order valence-electron chi connectivity index (χ1n) is 18.5. The molecule has 2 rings (SSSR count). The molecule has 2 aromatic rings. The SMILES string of the molecule is CC(=O)O.CCCCCCCCCCCCOc1cc(N)c(N)cc1F.CCCCCCCCCCCCOc1cc(N)c([N+](=O)[O-])cc1F.[Fe]. The van der Waals surface area contributed by atoms with Gasteiger partial charge in [-0.25, -0.2) is 8.78 Å². The van der Waals surface area contributed by atoms with Crippen molar-refractivity contribution in [3.63, 3.8) is 0 Å². The summed E-state index contributed by atoms with van der Waals surface area (Å²) < 4.78 is 38.1. The first-order chi connectivity index (χ1) is 23.9. The van der Waals surface area contributed by atoms with Crippen molar-refractivity contribution in [2.24, 2.45) is 0 Å². The van der Waals surface area contributed by atoms with E-state index in [1.165, 1.54) is 115 Å². The predicted molar refractivity (Wildman–Crippen MR) is 201 cm³/mol. The van der Waals surface area contributed by atoms with Crippen LogP contribution in [0.4, 0.5) is 31.5 Å². The number of nitrogens with two attached hydrogens (primary N) is 3. The molecule has 0 aliphatic heterocycles. The molecule has 13 heteroatoms. The fourth-order valence-corrected chi connectivity index (χ4v) is 5.07. The molecule has 0 saturated heterocycles. The number of carboxylic acid groups (broad SMARTS) is 1. The fourth-order valence-electron chi connectivity index (χ4n) is 5.07. The maximum atomic E-state index is 13.7. The number of hydrogen-bond acceptors (Lipinski definition) is 8. The van der Waals surface area contributed by atoms with Gasteiger partial charge in [-0.2, -0.15) is 0 Å². The molecule has 0 atom stereocenters. The van der Waals surface area contributed by atoms with E-state index >= 15 is 0 Å². The van der Waals surface area contributed by atoms with E-state index in [-0.39, 0.29) is 39.9 Å². The number of nitrogen functional groups attached to an aromatic ring is 3. The van der Waals surface area contributed by atoms with E-state index in [1.807, 2.05) is 0 Å². The largest absolute Gasteiger partial charge is 0.490 e. The van der Waals surface area contributed by atoms with Gasteiger partial charge in [0.1, 0.15) is 5.69 Å². The van der Waals surface area contributed by atoms with Gasteiger partial charge in [-0.15, -0.1) is 0 Å². The molecule has 0 fully saturated rings. The summed E-state index contributed by atoms with van der Waals surface area (Å²) in [6.45, 7) is 6.47. The molecule has 0 radical (unpaired) electrons. The fraction of sp³-hybridized carbons (Fsp3) is 0.658. The van der Waals surface area contributed by atoms with Crippen molar-refractivity contribution >= 4 is 28.7 Å². The molecule has 7 N–H and O–H groups in total. The van der Waals surface area contributed by atoms with Gasteiger partial charge >= 0.3 is 0 Å². The van der Waals surface area contributed by atoms with Gasteiger partial charge in [0.15, 0.2) is 23.1 Å². The Labute approximate surface area is 315 Å². The average molecular weight is 767 g/mol. The molecule has 0 aliphatic carbocycles. The molecular weight excluding hydrogens is 702 g/mol. The van der Waals surface area contributed by atoms with Crippen LogP contribution >= 0.6 is 0 Å². The van der Waals surface area contributed by atoms with Crippen molar-refractivity contribution in [1.82, 2.24) is 0 Å². The molecular formula is C38H64F2FeN4O6. The van der Waals surface area contributed by atoms with Crippen molar-refractivity contribution in [2.45, 2.75) is 149 Å². The van der Waals surface area contributed by atoms with Gasteiger partial charge < -0.3 is 31.8 Å². The molecule has 0 spiro atoms. The number of nitro groups is 1. The number of carbonyl (C=O) groups is 1. The third kappa shape index (κ3) is 27.1. The zero-order valence-corrected chi connectivity index (χ0v) is 32.2. The zero-order valence-electron chi connectivity index (χ0n) is 31.1. The molecule has 0 unspecified atom stereocenters. The van der Waals surface area contributed by atoms with Crippen LogP contribution in [0, 0.1) is 21.7 Å². The summed E-state index contributed by atoms with van der Waals surface area (Å²) >= 11 is 0. The Morgan fingerprint density at radius 3 is 1.27 bits per heavy atom. The summed E-state index contributed by atoms with van der Waals surface area (Å²) in [7, 11) is 0. The van der Waals surface area contributed by atoms with Gasteiger partial charge in [-0.1, -0.05) is 129 Å². The Hall–Kier alpha value is -3.31. The van der Waals surface area contributed by atoms with E-state index in [2.05, 4.69) is 13.8 Å². The number of benzene rings is 2. The van der Waals surface area contributed by atoms with E-state index < -0.39 is 28.2 Å². The molecule has 10 nitrogen and oxygen atoms in total. The molecule has 0 amide bonds. The minimum atomic E-state index is -0.833. The third-order valence-electron chi connectivity index (χ3n) is 7.93. The second kappa shape index (κ2) is 32.6. The molecule has 0 aromatic heterocycles. The van der Waals surface area contributed by atoms with Crippen LogP contribution in [0.3, 0.4) is 0 Å². The van der Waals surface area contributed by atoms with Crippen LogP contribution < -0.4 is 26.7 Å². The Morgan fingerprint density at radius 2 is 0.922 bits per heavy atom. The average Bonchev–Trinajstić information content (AvgIpc) is 3.06. The zero-order chi connectivity index (χ0) is 37.6. The van der Waals surface area contributed by atoms with Crippen LogP contribution in [0.15, 0.2) is 24.3 Å². The number of nitrogens with zero attached hydrogens (tertiary/aromatic N) is 1. The van der Waals surface area contributed by atoms with Crippen LogP contribution in [0.1, 0.15) is 149 Å². The minimum Gasteiger partial charge on any atom is -0.490 e. The second-order valence-electron chi connectivity index (χ2n) is 12.6. The maximum absolute atomic E-state index is 13.7. The van der Waals surface area contributed by atoms with Crippen molar-refractivity contribution < 1.29 is 50.1 Å². The Bertz CT molecular complexity index is 1210. The van der Waals surface area contributed by atoms with Crippen LogP contribution in [0.5, 0.6) is 11.5 Å². The van der Waals surface area contributed by atoms with E-state index in [1.54, 1.807) is 0 Å². The molecule has 0 bridgehead atoms.